The second-order valence-electron chi connectivity index (χ2n) is 4.36. The number of nitrogens with zero attached hydrogens (tertiary/aromatic N) is 1. The molecule has 0 spiro atoms. The third-order valence-corrected chi connectivity index (χ3v) is 4.95. The molecule has 112 valence electrons. The van der Waals surface area contributed by atoms with Gasteiger partial charge in [-0.2, -0.15) is 0 Å². The molecule has 0 radical (unpaired) electrons. The van der Waals surface area contributed by atoms with Gasteiger partial charge in [-0.15, -0.1) is 22.7 Å². The Hall–Kier alpha value is -1.77. The van der Waals surface area contributed by atoms with Gasteiger partial charge in [-0.25, -0.2) is 0 Å². The highest BCUT2D eigenvalue weighted by Crippen LogP contribution is 2.29. The van der Waals surface area contributed by atoms with Crippen LogP contribution in [0.3, 0.4) is 0 Å². The van der Waals surface area contributed by atoms with E-state index in [4.69, 9.17) is 5.11 Å². The maximum Gasteiger partial charge on any atom is 0.283 e. The maximum atomic E-state index is 12.2. The molecule has 1 unspecified atom stereocenters. The van der Waals surface area contributed by atoms with E-state index in [1.807, 2.05) is 17.5 Å². The Bertz CT molecular complexity index is 637. The van der Waals surface area contributed by atoms with Crippen LogP contribution in [0.1, 0.15) is 31.9 Å². The van der Waals surface area contributed by atoms with E-state index in [0.29, 0.717) is 16.2 Å². The van der Waals surface area contributed by atoms with Gasteiger partial charge < -0.3 is 10.4 Å². The van der Waals surface area contributed by atoms with E-state index in [-0.39, 0.29) is 24.2 Å². The smallest absolute Gasteiger partial charge is 0.283 e. The number of carbonyl (C=O) groups is 1. The van der Waals surface area contributed by atoms with Crippen LogP contribution in [0.4, 0.5) is 5.69 Å². The van der Waals surface area contributed by atoms with E-state index >= 15 is 0 Å². The summed E-state index contributed by atoms with van der Waals surface area (Å²) in [6.45, 7) is 1.57. The highest BCUT2D eigenvalue weighted by Gasteiger charge is 2.22. The fraction of sp³-hybridized carbons (Fsp3) is 0.308. The molecule has 6 nitrogen and oxygen atoms in total. The van der Waals surface area contributed by atoms with Crippen LogP contribution in [0.2, 0.25) is 0 Å². The van der Waals surface area contributed by atoms with Crippen LogP contribution in [0.15, 0.2) is 23.6 Å². The number of aliphatic hydroxyl groups excluding tert-OH is 1. The second kappa shape index (κ2) is 6.79. The van der Waals surface area contributed by atoms with Crippen LogP contribution in [-0.4, -0.2) is 22.5 Å². The molecule has 8 heteroatoms. The van der Waals surface area contributed by atoms with Crippen molar-refractivity contribution in [3.8, 4) is 0 Å². The lowest BCUT2D eigenvalue weighted by atomic mass is 10.1. The number of nitrogens with one attached hydrogen (secondary N) is 1. The van der Waals surface area contributed by atoms with E-state index in [1.165, 1.54) is 17.4 Å². The zero-order valence-corrected chi connectivity index (χ0v) is 12.9. The van der Waals surface area contributed by atoms with Crippen molar-refractivity contribution in [1.82, 2.24) is 5.32 Å². The average molecular weight is 326 g/mol. The zero-order valence-electron chi connectivity index (χ0n) is 11.2. The van der Waals surface area contributed by atoms with E-state index in [0.717, 1.165) is 16.2 Å². The summed E-state index contributed by atoms with van der Waals surface area (Å²) in [5.74, 6) is -0.358. The molecular weight excluding hydrogens is 312 g/mol. The molecule has 0 saturated carbocycles. The lowest BCUT2D eigenvalue weighted by Gasteiger charge is -2.15. The highest BCUT2D eigenvalue weighted by atomic mass is 32.1. The van der Waals surface area contributed by atoms with Crippen molar-refractivity contribution in [3.63, 3.8) is 0 Å². The molecule has 2 rings (SSSR count). The third-order valence-electron chi connectivity index (χ3n) is 2.92. The number of nitro groups is 1. The summed E-state index contributed by atoms with van der Waals surface area (Å²) < 4.78 is 0. The lowest BCUT2D eigenvalue weighted by Crippen LogP contribution is -2.28. The van der Waals surface area contributed by atoms with E-state index < -0.39 is 4.92 Å². The van der Waals surface area contributed by atoms with Crippen molar-refractivity contribution in [2.45, 2.75) is 19.4 Å². The normalized spacial score (nSPS) is 12.1. The first-order valence-electron chi connectivity index (χ1n) is 6.23. The monoisotopic (exact) mass is 326 g/mol. The van der Waals surface area contributed by atoms with Gasteiger partial charge in [0.1, 0.15) is 0 Å². The van der Waals surface area contributed by atoms with Gasteiger partial charge in [0.2, 0.25) is 0 Å². The quantitative estimate of drug-likeness (QED) is 0.630. The van der Waals surface area contributed by atoms with Crippen molar-refractivity contribution >= 4 is 34.3 Å². The van der Waals surface area contributed by atoms with Gasteiger partial charge >= 0.3 is 0 Å². The molecule has 2 aromatic heterocycles. The number of hydrogen-bond acceptors (Lipinski definition) is 6. The van der Waals surface area contributed by atoms with Crippen LogP contribution >= 0.6 is 22.7 Å². The highest BCUT2D eigenvalue weighted by molar-refractivity contribution is 7.14. The van der Waals surface area contributed by atoms with Crippen LogP contribution in [0, 0.1) is 17.0 Å². The molecule has 0 fully saturated rings. The minimum Gasteiger partial charge on any atom is -0.396 e. The van der Waals surface area contributed by atoms with Gasteiger partial charge in [0.05, 0.1) is 20.7 Å². The number of aliphatic hydroxyl groups is 1. The molecular formula is C13H14N2O4S2. The Kier molecular flexibility index (Phi) is 5.05. The predicted octanol–water partition coefficient (Wildman–Crippen LogP) is 2.88. The van der Waals surface area contributed by atoms with Gasteiger partial charge in [0, 0.05) is 17.6 Å². The summed E-state index contributed by atoms with van der Waals surface area (Å²) in [5, 5.41) is 24.6. The average Bonchev–Trinajstić information content (AvgIpc) is 3.07. The van der Waals surface area contributed by atoms with Crippen LogP contribution in [0.25, 0.3) is 0 Å². The summed E-state index contributed by atoms with van der Waals surface area (Å²) in [4.78, 5) is 24.3. The molecule has 1 amide bonds. The molecule has 1 atom stereocenters. The summed E-state index contributed by atoms with van der Waals surface area (Å²) in [7, 11) is 0. The van der Waals surface area contributed by atoms with E-state index in [2.05, 4.69) is 5.32 Å². The minimum atomic E-state index is -0.493. The summed E-state index contributed by atoms with van der Waals surface area (Å²) >= 11 is 2.59. The first-order chi connectivity index (χ1) is 10.0. The minimum absolute atomic E-state index is 0.0417. The zero-order chi connectivity index (χ0) is 15.4. The van der Waals surface area contributed by atoms with Crippen LogP contribution in [0.5, 0.6) is 0 Å². The van der Waals surface area contributed by atoms with E-state index in [9.17, 15) is 14.9 Å². The number of rotatable bonds is 6. The first-order valence-corrected chi connectivity index (χ1v) is 7.92. The summed E-state index contributed by atoms with van der Waals surface area (Å²) in [5.41, 5.74) is -0.0417. The molecule has 2 aromatic rings. The first kappa shape index (κ1) is 15.6. The molecule has 2 N–H and O–H groups in total. The Labute approximate surface area is 129 Å². The van der Waals surface area contributed by atoms with Gasteiger partial charge in [-0.3, -0.25) is 14.9 Å². The van der Waals surface area contributed by atoms with Crippen molar-refractivity contribution in [3.05, 3.63) is 48.3 Å². The van der Waals surface area contributed by atoms with Gasteiger partial charge in [0.25, 0.3) is 11.6 Å². The molecule has 0 saturated heterocycles. The van der Waals surface area contributed by atoms with Crippen molar-refractivity contribution in [2.24, 2.45) is 0 Å². The number of carbonyl (C=O) groups excluding carboxylic acids is 1. The van der Waals surface area contributed by atoms with Crippen molar-refractivity contribution < 1.29 is 14.8 Å². The molecule has 0 aliphatic rings. The number of amides is 1. The Balaban J connectivity index is 2.15. The van der Waals surface area contributed by atoms with Gasteiger partial charge in [0.15, 0.2) is 0 Å². The van der Waals surface area contributed by atoms with Crippen molar-refractivity contribution in [1.29, 1.82) is 0 Å². The number of hydrogen-bond donors (Lipinski definition) is 2. The van der Waals surface area contributed by atoms with Crippen LogP contribution < -0.4 is 5.32 Å². The topological polar surface area (TPSA) is 92.5 Å². The number of aryl methyl sites for hydroxylation is 1. The standard InChI is InChI=1S/C13H14N2O4S2/c1-8-10(15(18)19)7-12(21-8)13(17)14-9(4-5-16)11-3-2-6-20-11/h2-3,6-7,9,16H,4-5H2,1H3,(H,14,17). The largest absolute Gasteiger partial charge is 0.396 e. The number of thiophene rings is 2. The SMILES string of the molecule is Cc1sc(C(=O)NC(CCO)c2cccs2)cc1[N+](=O)[O-]. The second-order valence-corrected chi connectivity index (χ2v) is 6.60. The molecule has 2 heterocycles. The Morgan fingerprint density at radius 1 is 1.57 bits per heavy atom. The summed E-state index contributed by atoms with van der Waals surface area (Å²) in [6, 6.07) is 4.76. The summed E-state index contributed by atoms with van der Waals surface area (Å²) in [6.07, 6.45) is 0.401. The molecule has 0 bridgehead atoms. The van der Waals surface area contributed by atoms with E-state index in [1.54, 1.807) is 6.92 Å². The molecule has 0 aliphatic carbocycles. The fourth-order valence-corrected chi connectivity index (χ4v) is 3.60. The van der Waals surface area contributed by atoms with Crippen molar-refractivity contribution in [2.75, 3.05) is 6.61 Å². The third kappa shape index (κ3) is 3.66. The molecule has 21 heavy (non-hydrogen) atoms. The molecule has 0 aromatic carbocycles. The van der Waals surface area contributed by atoms with Gasteiger partial charge in [-0.05, 0) is 24.8 Å². The van der Waals surface area contributed by atoms with Crippen LogP contribution in [-0.2, 0) is 0 Å². The molecule has 0 aliphatic heterocycles. The fourth-order valence-electron chi connectivity index (χ4n) is 1.90. The van der Waals surface area contributed by atoms with Gasteiger partial charge in [-0.1, -0.05) is 6.07 Å². The maximum absolute atomic E-state index is 12.2. The lowest BCUT2D eigenvalue weighted by molar-refractivity contribution is -0.385. The Morgan fingerprint density at radius 2 is 2.33 bits per heavy atom. The Morgan fingerprint density at radius 3 is 2.86 bits per heavy atom. The predicted molar refractivity (Wildman–Crippen MR) is 81.9 cm³/mol.